The quantitative estimate of drug-likeness (QED) is 0.276. The van der Waals surface area contributed by atoms with Gasteiger partial charge in [0.1, 0.15) is 6.54 Å². The Labute approximate surface area is 226 Å². The number of alkyl halides is 2. The molecule has 1 heterocycles. The molecule has 2 aromatic carbocycles. The van der Waals surface area contributed by atoms with Crippen molar-refractivity contribution in [3.63, 3.8) is 0 Å². The summed E-state index contributed by atoms with van der Waals surface area (Å²) in [5.74, 6) is -2.17. The Morgan fingerprint density at radius 2 is 1.89 bits per heavy atom. The molecule has 202 valence electrons. The molecule has 0 aliphatic carbocycles. The van der Waals surface area contributed by atoms with Gasteiger partial charge in [0.2, 0.25) is 5.91 Å². The molecule has 0 bridgehead atoms. The van der Waals surface area contributed by atoms with E-state index < -0.39 is 36.2 Å². The number of nitrogens with zero attached hydrogens (tertiary/aromatic N) is 1. The molecule has 0 spiro atoms. The number of anilines is 1. The fourth-order valence-corrected chi connectivity index (χ4v) is 4.27. The minimum Gasteiger partial charge on any atom is -0.490 e. The van der Waals surface area contributed by atoms with Gasteiger partial charge in [-0.05, 0) is 67.1 Å². The molecule has 1 aliphatic rings. The number of rotatable bonds is 11. The standard InChI is InChI=1S/C25H23ClF2N2O7S/c1-3-9-36-23(33)16-12-15(6-7-17(16)26)29-21(31)13-30-22(32)20(38-25(30)34)11-14-5-8-18(37-24(27)28)19(10-14)35-4-2/h5-8,10-12,24H,3-4,9,13H2,1-2H3,(H,29,31)/b20-11-. The van der Waals surface area contributed by atoms with E-state index in [1.165, 1.54) is 42.5 Å². The average Bonchev–Trinajstić information content (AvgIpc) is 3.12. The number of carbonyl (C=O) groups is 4. The first kappa shape index (κ1) is 28.9. The summed E-state index contributed by atoms with van der Waals surface area (Å²) < 4.78 is 40.1. The Morgan fingerprint density at radius 1 is 1.13 bits per heavy atom. The van der Waals surface area contributed by atoms with Crippen molar-refractivity contribution in [3.8, 4) is 11.5 Å². The monoisotopic (exact) mass is 568 g/mol. The van der Waals surface area contributed by atoms with E-state index in [4.69, 9.17) is 21.1 Å². The highest BCUT2D eigenvalue weighted by Crippen LogP contribution is 2.35. The van der Waals surface area contributed by atoms with E-state index in [2.05, 4.69) is 10.1 Å². The van der Waals surface area contributed by atoms with Crippen molar-refractivity contribution < 1.29 is 42.2 Å². The van der Waals surface area contributed by atoms with Crippen molar-refractivity contribution in [3.05, 3.63) is 57.5 Å². The molecule has 0 atom stereocenters. The average molecular weight is 569 g/mol. The molecule has 0 radical (unpaired) electrons. The van der Waals surface area contributed by atoms with Crippen LogP contribution in [0.2, 0.25) is 5.02 Å². The number of esters is 1. The number of halogens is 3. The number of ether oxygens (including phenoxy) is 3. The van der Waals surface area contributed by atoms with Gasteiger partial charge >= 0.3 is 12.6 Å². The summed E-state index contributed by atoms with van der Waals surface area (Å²) in [7, 11) is 0. The molecule has 1 fully saturated rings. The van der Waals surface area contributed by atoms with Gasteiger partial charge in [-0.1, -0.05) is 24.6 Å². The van der Waals surface area contributed by atoms with Crippen LogP contribution >= 0.6 is 23.4 Å². The van der Waals surface area contributed by atoms with Crippen LogP contribution in [0.5, 0.6) is 11.5 Å². The van der Waals surface area contributed by atoms with Gasteiger partial charge in [0, 0.05) is 5.69 Å². The Bertz CT molecular complexity index is 1270. The Balaban J connectivity index is 1.70. The normalized spacial score (nSPS) is 14.3. The zero-order valence-corrected chi connectivity index (χ0v) is 21.9. The van der Waals surface area contributed by atoms with Gasteiger partial charge in [0.15, 0.2) is 11.5 Å². The van der Waals surface area contributed by atoms with Crippen LogP contribution in [-0.2, 0) is 14.3 Å². The maximum atomic E-state index is 12.8. The summed E-state index contributed by atoms with van der Waals surface area (Å²) in [6, 6.07) is 8.29. The van der Waals surface area contributed by atoms with Crippen LogP contribution < -0.4 is 14.8 Å². The highest BCUT2D eigenvalue weighted by Gasteiger charge is 2.36. The minimum absolute atomic E-state index is 0.0280. The maximum absolute atomic E-state index is 12.8. The first-order chi connectivity index (χ1) is 18.1. The highest BCUT2D eigenvalue weighted by molar-refractivity contribution is 8.18. The molecule has 1 aliphatic heterocycles. The third kappa shape index (κ3) is 7.45. The molecule has 0 saturated carbocycles. The number of thioether (sulfide) groups is 1. The van der Waals surface area contributed by atoms with Crippen LogP contribution in [0.15, 0.2) is 41.3 Å². The van der Waals surface area contributed by atoms with Gasteiger partial charge in [0.25, 0.3) is 11.1 Å². The van der Waals surface area contributed by atoms with Crippen LogP contribution in [0.1, 0.15) is 36.2 Å². The molecular weight excluding hydrogens is 546 g/mol. The van der Waals surface area contributed by atoms with Crippen molar-refractivity contribution in [1.29, 1.82) is 0 Å². The lowest BCUT2D eigenvalue weighted by Crippen LogP contribution is -2.36. The second-order valence-electron chi connectivity index (χ2n) is 7.66. The second-order valence-corrected chi connectivity index (χ2v) is 9.06. The molecule has 1 N–H and O–H groups in total. The summed E-state index contributed by atoms with van der Waals surface area (Å²) in [6.07, 6.45) is 2.00. The largest absolute Gasteiger partial charge is 0.490 e. The molecular formula is C25H23ClF2N2O7S. The van der Waals surface area contributed by atoms with E-state index in [-0.39, 0.29) is 45.9 Å². The molecule has 2 aromatic rings. The Kier molecular flexibility index (Phi) is 10.1. The predicted octanol–water partition coefficient (Wildman–Crippen LogP) is 5.58. The third-order valence-corrected chi connectivity index (χ3v) is 6.10. The molecule has 38 heavy (non-hydrogen) atoms. The van der Waals surface area contributed by atoms with Crippen LogP contribution in [0.25, 0.3) is 6.08 Å². The molecule has 0 unspecified atom stereocenters. The smallest absolute Gasteiger partial charge is 0.387 e. The molecule has 9 nitrogen and oxygen atoms in total. The van der Waals surface area contributed by atoms with E-state index >= 15 is 0 Å². The van der Waals surface area contributed by atoms with Crippen molar-refractivity contribution in [1.82, 2.24) is 4.90 Å². The zero-order valence-electron chi connectivity index (χ0n) is 20.3. The number of benzene rings is 2. The second kappa shape index (κ2) is 13.2. The zero-order chi connectivity index (χ0) is 27.8. The summed E-state index contributed by atoms with van der Waals surface area (Å²) in [5, 5.41) is 2.00. The summed E-state index contributed by atoms with van der Waals surface area (Å²) >= 11 is 6.68. The van der Waals surface area contributed by atoms with E-state index in [1.54, 1.807) is 6.92 Å². The Morgan fingerprint density at radius 3 is 2.58 bits per heavy atom. The van der Waals surface area contributed by atoms with Gasteiger partial charge < -0.3 is 19.5 Å². The molecule has 13 heteroatoms. The SMILES string of the molecule is CCCOC(=O)c1cc(NC(=O)CN2C(=O)S/C(=C\c3ccc(OC(F)F)c(OCC)c3)C2=O)ccc1Cl. The first-order valence-corrected chi connectivity index (χ1v) is 12.6. The van der Waals surface area contributed by atoms with Crippen molar-refractivity contribution >= 4 is 58.1 Å². The summed E-state index contributed by atoms with van der Waals surface area (Å²) in [6.45, 7) is 0.273. The number of amides is 3. The molecule has 3 rings (SSSR count). The lowest BCUT2D eigenvalue weighted by Gasteiger charge is -2.13. The number of hydrogen-bond acceptors (Lipinski definition) is 8. The van der Waals surface area contributed by atoms with Crippen LogP contribution in [0.3, 0.4) is 0 Å². The van der Waals surface area contributed by atoms with Crippen molar-refractivity contribution in [2.24, 2.45) is 0 Å². The number of hydrogen-bond donors (Lipinski definition) is 1. The maximum Gasteiger partial charge on any atom is 0.387 e. The summed E-state index contributed by atoms with van der Waals surface area (Å²) in [4.78, 5) is 50.8. The first-order valence-electron chi connectivity index (χ1n) is 11.4. The number of carbonyl (C=O) groups excluding carboxylic acids is 4. The highest BCUT2D eigenvalue weighted by atomic mass is 35.5. The van der Waals surface area contributed by atoms with Gasteiger partial charge in [-0.25, -0.2) is 4.79 Å². The van der Waals surface area contributed by atoms with E-state index in [0.29, 0.717) is 23.7 Å². The number of nitrogens with one attached hydrogen (secondary N) is 1. The third-order valence-electron chi connectivity index (χ3n) is 4.86. The van der Waals surface area contributed by atoms with Gasteiger partial charge in [-0.3, -0.25) is 19.3 Å². The van der Waals surface area contributed by atoms with E-state index in [0.717, 1.165) is 4.90 Å². The van der Waals surface area contributed by atoms with Crippen molar-refractivity contribution in [2.45, 2.75) is 26.9 Å². The van der Waals surface area contributed by atoms with Crippen molar-refractivity contribution in [2.75, 3.05) is 25.1 Å². The van der Waals surface area contributed by atoms with Crippen LogP contribution in [0.4, 0.5) is 19.3 Å². The lowest BCUT2D eigenvalue weighted by molar-refractivity contribution is -0.127. The minimum atomic E-state index is -3.04. The topological polar surface area (TPSA) is 111 Å². The summed E-state index contributed by atoms with van der Waals surface area (Å²) in [5.41, 5.74) is 0.678. The van der Waals surface area contributed by atoms with E-state index in [1.807, 2.05) is 6.92 Å². The molecule has 1 saturated heterocycles. The predicted molar refractivity (Wildman–Crippen MR) is 138 cm³/mol. The lowest BCUT2D eigenvalue weighted by atomic mass is 10.2. The van der Waals surface area contributed by atoms with Gasteiger partial charge in [0.05, 0.1) is 28.7 Å². The number of imide groups is 1. The molecule has 3 amide bonds. The van der Waals surface area contributed by atoms with Gasteiger partial charge in [-0.2, -0.15) is 8.78 Å². The van der Waals surface area contributed by atoms with Crippen LogP contribution in [-0.4, -0.2) is 54.3 Å². The van der Waals surface area contributed by atoms with E-state index in [9.17, 15) is 28.0 Å². The van der Waals surface area contributed by atoms with Crippen LogP contribution in [0, 0.1) is 0 Å². The Hall–Kier alpha value is -3.64. The fraction of sp³-hybridized carbons (Fsp3) is 0.280. The molecule has 0 aromatic heterocycles. The fourth-order valence-electron chi connectivity index (χ4n) is 3.24. The van der Waals surface area contributed by atoms with Gasteiger partial charge in [-0.15, -0.1) is 0 Å².